The molecule has 2 aliphatic rings. The number of piperidine rings is 1. The third kappa shape index (κ3) is 5.42. The number of aliphatic hydroxyl groups excluding tert-OH is 1. The molecule has 0 aliphatic carbocycles. The topological polar surface area (TPSA) is 83.4 Å². The second kappa shape index (κ2) is 11.2. The third-order valence-corrected chi connectivity index (χ3v) is 6.72. The Bertz CT molecular complexity index is 1040. The van der Waals surface area contributed by atoms with Gasteiger partial charge in [0.15, 0.2) is 0 Å². The normalized spacial score (nSPS) is 18.5. The number of hydrazone groups is 1. The number of likely N-dealkylation sites (tertiary alicyclic amines) is 1. The van der Waals surface area contributed by atoms with E-state index in [1.165, 1.54) is 26.4 Å². The van der Waals surface area contributed by atoms with Crippen LogP contribution >= 0.6 is 0 Å². The van der Waals surface area contributed by atoms with Crippen molar-refractivity contribution in [2.75, 3.05) is 33.4 Å². The van der Waals surface area contributed by atoms with Crippen molar-refractivity contribution in [1.29, 1.82) is 0 Å². The summed E-state index contributed by atoms with van der Waals surface area (Å²) in [5.74, 6) is 0.664. The molecule has 0 saturated carbocycles. The van der Waals surface area contributed by atoms with Crippen molar-refractivity contribution in [2.45, 2.75) is 32.1 Å². The van der Waals surface area contributed by atoms with Gasteiger partial charge in [-0.1, -0.05) is 48.9 Å². The summed E-state index contributed by atoms with van der Waals surface area (Å²) in [6, 6.07) is 17.7. The molecule has 0 unspecified atom stereocenters. The summed E-state index contributed by atoms with van der Waals surface area (Å²) in [6.45, 7) is 5.03. The SMILES string of the molecule is COC(=O)N/N=C(\C)[C@H](CN1CCCCC1)[C@H](C1=C(O)c2ccccc2OC1)c1ccccc1. The quantitative estimate of drug-likeness (QED) is 0.448. The summed E-state index contributed by atoms with van der Waals surface area (Å²) in [6.07, 6.45) is 2.98. The van der Waals surface area contributed by atoms with Crippen molar-refractivity contribution >= 4 is 17.6 Å². The highest BCUT2D eigenvalue weighted by molar-refractivity contribution is 5.87. The first-order valence-electron chi connectivity index (χ1n) is 11.9. The summed E-state index contributed by atoms with van der Waals surface area (Å²) in [4.78, 5) is 14.2. The summed E-state index contributed by atoms with van der Waals surface area (Å²) in [7, 11) is 1.32. The number of ether oxygens (including phenoxy) is 2. The molecule has 0 radical (unpaired) electrons. The maximum Gasteiger partial charge on any atom is 0.427 e. The van der Waals surface area contributed by atoms with E-state index in [1.807, 2.05) is 49.4 Å². The lowest BCUT2D eigenvalue weighted by Gasteiger charge is -2.37. The van der Waals surface area contributed by atoms with Crippen molar-refractivity contribution in [2.24, 2.45) is 11.0 Å². The van der Waals surface area contributed by atoms with E-state index in [1.54, 1.807) is 0 Å². The van der Waals surface area contributed by atoms with Crippen molar-refractivity contribution in [3.8, 4) is 5.75 Å². The van der Waals surface area contributed by atoms with Gasteiger partial charge in [-0.2, -0.15) is 5.10 Å². The molecule has 1 fully saturated rings. The van der Waals surface area contributed by atoms with Gasteiger partial charge in [0, 0.05) is 29.7 Å². The van der Waals surface area contributed by atoms with E-state index < -0.39 is 6.09 Å². The number of hydrogen-bond donors (Lipinski definition) is 2. The third-order valence-electron chi connectivity index (χ3n) is 6.72. The molecular weight excluding hydrogens is 430 g/mol. The van der Waals surface area contributed by atoms with Gasteiger partial charge < -0.3 is 19.5 Å². The number of methoxy groups -OCH3 is 1. The highest BCUT2D eigenvalue weighted by atomic mass is 16.5. The van der Waals surface area contributed by atoms with Crippen molar-refractivity contribution in [3.05, 3.63) is 71.3 Å². The number of nitrogens with zero attached hydrogens (tertiary/aromatic N) is 2. The summed E-state index contributed by atoms with van der Waals surface area (Å²) in [5, 5.41) is 15.8. The fourth-order valence-electron chi connectivity index (χ4n) is 4.92. The van der Waals surface area contributed by atoms with Crippen LogP contribution in [0, 0.1) is 5.92 Å². The van der Waals surface area contributed by atoms with Gasteiger partial charge in [-0.05, 0) is 50.6 Å². The van der Waals surface area contributed by atoms with Crippen LogP contribution in [-0.4, -0.2) is 55.2 Å². The van der Waals surface area contributed by atoms with Crippen LogP contribution < -0.4 is 10.2 Å². The molecule has 1 amide bonds. The largest absolute Gasteiger partial charge is 0.507 e. The van der Waals surface area contributed by atoms with Crippen LogP contribution in [0.15, 0.2) is 65.3 Å². The molecule has 2 aliphatic heterocycles. The van der Waals surface area contributed by atoms with Gasteiger partial charge in [-0.15, -0.1) is 0 Å². The van der Waals surface area contributed by atoms with Gasteiger partial charge in [-0.25, -0.2) is 10.2 Å². The maximum absolute atomic E-state index is 11.7. The fraction of sp³-hybridized carbons (Fsp3) is 0.407. The molecule has 0 aromatic heterocycles. The summed E-state index contributed by atoms with van der Waals surface area (Å²) < 4.78 is 10.8. The Balaban J connectivity index is 1.79. The maximum atomic E-state index is 11.7. The minimum atomic E-state index is -0.607. The fourth-order valence-corrected chi connectivity index (χ4v) is 4.92. The molecule has 7 nitrogen and oxygen atoms in total. The van der Waals surface area contributed by atoms with Crippen LogP contribution in [0.1, 0.15) is 43.2 Å². The number of fused-ring (bicyclic) bond motifs is 1. The molecule has 2 heterocycles. The monoisotopic (exact) mass is 463 g/mol. The van der Waals surface area contributed by atoms with Crippen molar-refractivity contribution in [1.82, 2.24) is 10.3 Å². The zero-order chi connectivity index (χ0) is 23.9. The molecule has 2 N–H and O–H groups in total. The summed E-state index contributed by atoms with van der Waals surface area (Å²) >= 11 is 0. The highest BCUT2D eigenvalue weighted by Gasteiger charge is 2.35. The molecule has 4 rings (SSSR count). The molecule has 0 spiro atoms. The number of para-hydroxylation sites is 1. The lowest BCUT2D eigenvalue weighted by molar-refractivity contribution is 0.171. The first-order valence-corrected chi connectivity index (χ1v) is 11.9. The second-order valence-electron chi connectivity index (χ2n) is 8.87. The van der Waals surface area contributed by atoms with E-state index in [4.69, 9.17) is 9.47 Å². The van der Waals surface area contributed by atoms with Gasteiger partial charge in [0.05, 0.1) is 12.7 Å². The van der Waals surface area contributed by atoms with E-state index in [0.717, 1.165) is 36.5 Å². The van der Waals surface area contributed by atoms with E-state index in [-0.39, 0.29) is 24.2 Å². The van der Waals surface area contributed by atoms with Crippen molar-refractivity contribution in [3.63, 3.8) is 0 Å². The average molecular weight is 464 g/mol. The Morgan fingerprint density at radius 2 is 1.82 bits per heavy atom. The van der Waals surface area contributed by atoms with Crippen LogP contribution in [0.2, 0.25) is 0 Å². The molecule has 2 aromatic rings. The van der Waals surface area contributed by atoms with E-state index >= 15 is 0 Å². The predicted molar refractivity (Wildman–Crippen MR) is 133 cm³/mol. The smallest absolute Gasteiger partial charge is 0.427 e. The number of amides is 1. The zero-order valence-corrected chi connectivity index (χ0v) is 19.9. The standard InChI is InChI=1S/C27H33N3O4/c1-19(28-29-27(32)33-2)22(17-30-15-9-4-10-16-30)25(20-11-5-3-6-12-20)23-18-34-24-14-8-7-13-21(24)26(23)31/h3,5-8,11-14,22,25,31H,4,9-10,15-18H2,1-2H3,(H,29,32)/b28-19+/t22-,25+/m0/s1. The van der Waals surface area contributed by atoms with Gasteiger partial charge in [-0.3, -0.25) is 0 Å². The Hall–Kier alpha value is -3.32. The van der Waals surface area contributed by atoms with Gasteiger partial charge in [0.1, 0.15) is 18.1 Å². The lowest BCUT2D eigenvalue weighted by atomic mass is 9.76. The van der Waals surface area contributed by atoms with E-state index in [2.05, 4.69) is 27.6 Å². The highest BCUT2D eigenvalue weighted by Crippen LogP contribution is 2.42. The Morgan fingerprint density at radius 1 is 1.12 bits per heavy atom. The van der Waals surface area contributed by atoms with Crippen LogP contribution in [0.5, 0.6) is 5.75 Å². The van der Waals surface area contributed by atoms with Gasteiger partial charge in [0.2, 0.25) is 0 Å². The van der Waals surface area contributed by atoms with E-state index in [0.29, 0.717) is 11.3 Å². The minimum Gasteiger partial charge on any atom is -0.507 e. The van der Waals surface area contributed by atoms with Crippen LogP contribution in [0.4, 0.5) is 4.79 Å². The first kappa shape index (κ1) is 23.8. The molecular formula is C27H33N3O4. The minimum absolute atomic E-state index is 0.0938. The average Bonchev–Trinajstić information content (AvgIpc) is 2.89. The number of nitrogens with one attached hydrogen (secondary N) is 1. The second-order valence-corrected chi connectivity index (χ2v) is 8.87. The Morgan fingerprint density at radius 3 is 2.56 bits per heavy atom. The van der Waals surface area contributed by atoms with Gasteiger partial charge >= 0.3 is 6.09 Å². The lowest BCUT2D eigenvalue weighted by Crippen LogP contribution is -2.40. The van der Waals surface area contributed by atoms with Crippen LogP contribution in [0.25, 0.3) is 5.76 Å². The number of carbonyl (C=O) groups excluding carboxylic acids is 1. The Labute approximate surface area is 201 Å². The first-order chi connectivity index (χ1) is 16.6. The number of aliphatic hydroxyl groups is 1. The molecule has 180 valence electrons. The van der Waals surface area contributed by atoms with Crippen LogP contribution in [-0.2, 0) is 4.74 Å². The number of rotatable bonds is 7. The zero-order valence-electron chi connectivity index (χ0n) is 19.9. The van der Waals surface area contributed by atoms with Crippen molar-refractivity contribution < 1.29 is 19.4 Å². The number of benzene rings is 2. The number of carbonyl (C=O) groups is 1. The molecule has 2 atom stereocenters. The van der Waals surface area contributed by atoms with E-state index in [9.17, 15) is 9.90 Å². The predicted octanol–water partition coefficient (Wildman–Crippen LogP) is 4.97. The van der Waals surface area contributed by atoms with Crippen LogP contribution in [0.3, 0.4) is 0 Å². The Kier molecular flexibility index (Phi) is 7.85. The molecule has 1 saturated heterocycles. The summed E-state index contributed by atoms with van der Waals surface area (Å²) in [5.41, 5.74) is 5.84. The molecule has 34 heavy (non-hydrogen) atoms. The molecule has 0 bridgehead atoms. The number of hydrogen-bond acceptors (Lipinski definition) is 6. The van der Waals surface area contributed by atoms with Gasteiger partial charge in [0.25, 0.3) is 0 Å². The molecule has 2 aromatic carbocycles. The molecule has 7 heteroatoms.